The second kappa shape index (κ2) is 25.5. The highest BCUT2D eigenvalue weighted by atomic mass is 28.4. The lowest BCUT2D eigenvalue weighted by molar-refractivity contribution is -0.342. The Bertz CT molecular complexity index is 1580. The summed E-state index contributed by atoms with van der Waals surface area (Å²) in [5.41, 5.74) is -1.44. The van der Waals surface area contributed by atoms with Crippen LogP contribution in [0.1, 0.15) is 86.5 Å². The maximum absolute atomic E-state index is 13.8. The van der Waals surface area contributed by atoms with Crippen LogP contribution in [0.3, 0.4) is 0 Å². The molecule has 0 amide bonds. The molecule has 0 aromatic heterocycles. The van der Waals surface area contributed by atoms with Gasteiger partial charge in [-0.15, -0.1) is 0 Å². The van der Waals surface area contributed by atoms with Crippen LogP contribution in [0.4, 0.5) is 0 Å². The van der Waals surface area contributed by atoms with Crippen molar-refractivity contribution in [2.75, 3.05) is 21.2 Å². The van der Waals surface area contributed by atoms with Gasteiger partial charge in [0.05, 0.1) is 43.0 Å². The SMILES string of the molecule is CCCC(=O)O[C@H]1[C@H](C)O[C@@H](O[C@H]2[C@H](N(C)C)[C@@H](O[Si](C)(C)C)[C@H](O[C@H]3C(CC=O)C[C@@H](C)[C@@H](O[Si](C)(C)C)/C=C/C=C/C[C@@H](C)OC(=O)CC(O[Si](C)(C)C)[C@@H]3OC)O[C@@H]2C)C[C@@]1(C)O. The minimum Gasteiger partial charge on any atom is -0.462 e. The number of carbonyl (C=O) groups excluding carboxylic acids is 3. The Balaban J connectivity index is 2.19. The van der Waals surface area contributed by atoms with Crippen LogP contribution < -0.4 is 0 Å². The molecule has 0 aromatic rings. The Morgan fingerprint density at radius 2 is 1.52 bits per heavy atom. The minimum atomic E-state index is -2.39. The number of methoxy groups -OCH3 is 1. The molecule has 3 aliphatic rings. The lowest BCUT2D eigenvalue weighted by Crippen LogP contribution is -2.67. The van der Waals surface area contributed by atoms with Gasteiger partial charge in [-0.1, -0.05) is 38.2 Å². The van der Waals surface area contributed by atoms with Crippen molar-refractivity contribution in [3.05, 3.63) is 24.3 Å². The largest absolute Gasteiger partial charge is 0.462 e. The van der Waals surface area contributed by atoms with Gasteiger partial charge in [0.15, 0.2) is 43.6 Å². The third-order valence-corrected chi connectivity index (χ3v) is 14.9. The molecule has 0 spiro atoms. The van der Waals surface area contributed by atoms with Gasteiger partial charge in [0.1, 0.15) is 36.3 Å². The molecule has 0 aromatic carbocycles. The van der Waals surface area contributed by atoms with Gasteiger partial charge in [0.2, 0.25) is 0 Å². The van der Waals surface area contributed by atoms with Gasteiger partial charge in [0, 0.05) is 32.8 Å². The number of hydrogen-bond donors (Lipinski definition) is 1. The van der Waals surface area contributed by atoms with E-state index in [1.807, 2.05) is 58.0 Å². The molecular formula is C48H89NO14Si3. The van der Waals surface area contributed by atoms with E-state index in [1.165, 1.54) is 0 Å². The molecule has 382 valence electrons. The summed E-state index contributed by atoms with van der Waals surface area (Å²) in [6, 6.07) is -0.469. The molecule has 66 heavy (non-hydrogen) atoms. The molecule has 3 aliphatic heterocycles. The second-order valence-electron chi connectivity index (χ2n) is 22.1. The highest BCUT2D eigenvalue weighted by molar-refractivity contribution is 6.70. The Kier molecular flexibility index (Phi) is 22.6. The van der Waals surface area contributed by atoms with Gasteiger partial charge >= 0.3 is 11.9 Å². The average Bonchev–Trinajstić information content (AvgIpc) is 3.14. The molecule has 15 nitrogen and oxygen atoms in total. The van der Waals surface area contributed by atoms with Crippen LogP contribution >= 0.6 is 0 Å². The smallest absolute Gasteiger partial charge is 0.308 e. The zero-order valence-corrected chi connectivity index (χ0v) is 46.7. The predicted octanol–water partition coefficient (Wildman–Crippen LogP) is 7.77. The third kappa shape index (κ3) is 18.6. The molecule has 16 atom stereocenters. The second-order valence-corrected chi connectivity index (χ2v) is 35.5. The van der Waals surface area contributed by atoms with Crippen LogP contribution in [0.25, 0.3) is 0 Å². The lowest BCUT2D eigenvalue weighted by atomic mass is 9.82. The molecule has 2 unspecified atom stereocenters. The highest BCUT2D eigenvalue weighted by Gasteiger charge is 2.54. The summed E-state index contributed by atoms with van der Waals surface area (Å²) in [6.07, 6.45) is 2.31. The Hall–Kier alpha value is -1.66. The van der Waals surface area contributed by atoms with E-state index in [4.69, 9.17) is 46.4 Å². The van der Waals surface area contributed by atoms with E-state index in [1.54, 1.807) is 21.0 Å². The summed E-state index contributed by atoms with van der Waals surface area (Å²) in [4.78, 5) is 41.2. The first-order valence-corrected chi connectivity index (χ1v) is 34.4. The molecule has 1 N–H and O–H groups in total. The van der Waals surface area contributed by atoms with E-state index < -0.39 is 116 Å². The first kappa shape index (κ1) is 58.7. The fourth-order valence-electron chi connectivity index (χ4n) is 9.26. The number of aldehydes is 1. The number of aliphatic hydroxyl groups is 1. The van der Waals surface area contributed by atoms with Gasteiger partial charge in [-0.3, -0.25) is 9.59 Å². The summed E-state index contributed by atoms with van der Waals surface area (Å²) >= 11 is 0. The van der Waals surface area contributed by atoms with Crippen molar-refractivity contribution in [2.24, 2.45) is 11.8 Å². The number of rotatable bonds is 17. The van der Waals surface area contributed by atoms with Gasteiger partial charge in [0.25, 0.3) is 0 Å². The predicted molar refractivity (Wildman–Crippen MR) is 262 cm³/mol. The molecular weight excluding hydrogens is 899 g/mol. The first-order chi connectivity index (χ1) is 30.5. The van der Waals surface area contributed by atoms with E-state index in [0.29, 0.717) is 19.3 Å². The average molecular weight is 988 g/mol. The van der Waals surface area contributed by atoms with Crippen molar-refractivity contribution in [3.63, 3.8) is 0 Å². The van der Waals surface area contributed by atoms with Crippen molar-refractivity contribution < 1.29 is 65.9 Å². The Morgan fingerprint density at radius 3 is 2.06 bits per heavy atom. The van der Waals surface area contributed by atoms with E-state index in [0.717, 1.165) is 6.29 Å². The highest BCUT2D eigenvalue weighted by Crippen LogP contribution is 2.40. The quantitative estimate of drug-likeness (QED) is 0.0852. The topological polar surface area (TPSA) is 167 Å². The van der Waals surface area contributed by atoms with Crippen LogP contribution in [0.2, 0.25) is 58.9 Å². The van der Waals surface area contributed by atoms with Crippen molar-refractivity contribution in [1.29, 1.82) is 0 Å². The summed E-state index contributed by atoms with van der Waals surface area (Å²) in [5.74, 6) is -1.34. The van der Waals surface area contributed by atoms with Crippen molar-refractivity contribution >= 4 is 43.2 Å². The van der Waals surface area contributed by atoms with E-state index >= 15 is 0 Å². The van der Waals surface area contributed by atoms with E-state index in [2.05, 4.69) is 71.9 Å². The summed E-state index contributed by atoms with van der Waals surface area (Å²) in [5, 5.41) is 11.7. The number of ether oxygens (including phenoxy) is 7. The summed E-state index contributed by atoms with van der Waals surface area (Å²) in [6.45, 7) is 30.2. The number of cyclic esters (lactones) is 1. The summed E-state index contributed by atoms with van der Waals surface area (Å²) < 4.78 is 66.3. The molecule has 18 heteroatoms. The Morgan fingerprint density at radius 1 is 0.879 bits per heavy atom. The first-order valence-electron chi connectivity index (χ1n) is 24.2. The van der Waals surface area contributed by atoms with Crippen molar-refractivity contribution in [3.8, 4) is 0 Å². The number of esters is 2. The normalized spacial score (nSPS) is 38.1. The van der Waals surface area contributed by atoms with Gasteiger partial charge < -0.3 is 61.2 Å². The maximum Gasteiger partial charge on any atom is 0.308 e. The molecule has 0 saturated carbocycles. The Labute approximate surface area is 400 Å². The fraction of sp³-hybridized carbons (Fsp3) is 0.854. The van der Waals surface area contributed by atoms with Crippen LogP contribution in [-0.4, -0.2) is 160 Å². The molecule has 0 aliphatic carbocycles. The van der Waals surface area contributed by atoms with Crippen molar-refractivity contribution in [2.45, 2.75) is 231 Å². The molecule has 3 rings (SSSR count). The van der Waals surface area contributed by atoms with Crippen LogP contribution in [0.5, 0.6) is 0 Å². The molecule has 0 radical (unpaired) electrons. The van der Waals surface area contributed by atoms with Crippen molar-refractivity contribution in [1.82, 2.24) is 4.90 Å². The zero-order chi connectivity index (χ0) is 49.9. The number of allylic oxidation sites excluding steroid dienone is 2. The third-order valence-electron chi connectivity index (χ3n) is 11.9. The lowest BCUT2D eigenvalue weighted by Gasteiger charge is -2.52. The van der Waals surface area contributed by atoms with Crippen LogP contribution in [0.15, 0.2) is 24.3 Å². The number of carbonyl (C=O) groups is 3. The maximum atomic E-state index is 13.8. The van der Waals surface area contributed by atoms with E-state index in [-0.39, 0.29) is 43.8 Å². The standard InChI is InChI=1S/C48H89NO14Si3/c1-19-23-38(51)58-46-34(5)56-40(30-48(46,6)53)59-42-33(4)57-47(45(41(42)49(7)8)63-66(16,17)18)60-43-35(26-27-50)28-31(2)36(61-64(10,11)12)25-22-20-21-24-32(3)55-39(52)29-37(44(43)54-9)62-65(13,14)15/h20-22,25,27,31-37,40-47,53H,19,23-24,26,28-30H2,1-18H3/b21-20+,25-22+/t31-,32-,33-,34+,35?,36+,37?,40+,41+,42-,43+,44+,45-,46+,47+,48-/m1/s1. The van der Waals surface area contributed by atoms with Crippen LogP contribution in [-0.2, 0) is 60.8 Å². The molecule has 0 bridgehead atoms. The fourth-order valence-corrected chi connectivity index (χ4v) is 12.6. The van der Waals surface area contributed by atoms with Gasteiger partial charge in [-0.25, -0.2) is 0 Å². The number of hydrogen-bond acceptors (Lipinski definition) is 15. The molecule has 2 fully saturated rings. The monoisotopic (exact) mass is 988 g/mol. The minimum absolute atomic E-state index is 0.0426. The zero-order valence-electron chi connectivity index (χ0n) is 43.7. The molecule has 2 saturated heterocycles. The number of likely N-dealkylation sites (N-methyl/N-ethyl adjacent to an activating group) is 1. The van der Waals surface area contributed by atoms with Gasteiger partial charge in [-0.05, 0) is 125 Å². The van der Waals surface area contributed by atoms with Gasteiger partial charge in [-0.2, -0.15) is 0 Å². The van der Waals surface area contributed by atoms with Crippen LogP contribution in [0, 0.1) is 11.8 Å². The summed E-state index contributed by atoms with van der Waals surface area (Å²) in [7, 11) is -1.32. The molecule has 3 heterocycles. The number of nitrogens with zero attached hydrogens (tertiary/aromatic N) is 1. The van der Waals surface area contributed by atoms with E-state index in [9.17, 15) is 19.5 Å².